The standard InChI is InChI=1S/C15H10BrF3O/c16-13-3-1-2-11(9-13)14(20)8-10-4-6-12(7-5-10)15(17,18)19/h1-7,9H,8H2. The molecule has 0 N–H and O–H groups in total. The minimum absolute atomic E-state index is 0.0780. The Morgan fingerprint density at radius 2 is 1.70 bits per heavy atom. The average molecular weight is 343 g/mol. The van der Waals surface area contributed by atoms with Crippen molar-refractivity contribution in [3.05, 3.63) is 69.7 Å². The number of rotatable bonds is 3. The van der Waals surface area contributed by atoms with Gasteiger partial charge in [-0.25, -0.2) is 0 Å². The predicted octanol–water partition coefficient (Wildman–Crippen LogP) is 4.89. The summed E-state index contributed by atoms with van der Waals surface area (Å²) in [5.41, 5.74) is 0.374. The molecule has 0 saturated carbocycles. The van der Waals surface area contributed by atoms with Crippen LogP contribution in [0.4, 0.5) is 13.2 Å². The highest BCUT2D eigenvalue weighted by atomic mass is 79.9. The van der Waals surface area contributed by atoms with Gasteiger partial charge in [0, 0.05) is 16.5 Å². The maximum atomic E-state index is 12.4. The van der Waals surface area contributed by atoms with Gasteiger partial charge >= 0.3 is 6.18 Å². The zero-order valence-electron chi connectivity index (χ0n) is 10.2. The zero-order chi connectivity index (χ0) is 14.8. The van der Waals surface area contributed by atoms with Crippen molar-refractivity contribution < 1.29 is 18.0 Å². The molecule has 0 fully saturated rings. The molecule has 5 heteroatoms. The van der Waals surface area contributed by atoms with E-state index < -0.39 is 11.7 Å². The van der Waals surface area contributed by atoms with E-state index in [1.807, 2.05) is 0 Å². The molecule has 0 heterocycles. The van der Waals surface area contributed by atoms with Crippen molar-refractivity contribution in [3.8, 4) is 0 Å². The first-order valence-corrected chi connectivity index (χ1v) is 6.60. The summed E-state index contributed by atoms with van der Waals surface area (Å²) in [4.78, 5) is 12.0. The van der Waals surface area contributed by atoms with Crippen molar-refractivity contribution in [1.29, 1.82) is 0 Å². The second kappa shape index (κ2) is 5.79. The fourth-order valence-electron chi connectivity index (χ4n) is 1.76. The molecule has 0 aromatic heterocycles. The monoisotopic (exact) mass is 342 g/mol. The van der Waals surface area contributed by atoms with Crippen LogP contribution in [0, 0.1) is 0 Å². The number of hydrogen-bond acceptors (Lipinski definition) is 1. The molecular weight excluding hydrogens is 333 g/mol. The Bertz CT molecular complexity index is 618. The van der Waals surface area contributed by atoms with Gasteiger partial charge in [0.05, 0.1) is 5.56 Å². The molecule has 0 aliphatic rings. The molecule has 0 amide bonds. The maximum Gasteiger partial charge on any atom is 0.416 e. The topological polar surface area (TPSA) is 17.1 Å². The first-order chi connectivity index (χ1) is 9.36. The van der Waals surface area contributed by atoms with Gasteiger partial charge in [-0.3, -0.25) is 4.79 Å². The van der Waals surface area contributed by atoms with Crippen LogP contribution in [-0.2, 0) is 12.6 Å². The molecule has 20 heavy (non-hydrogen) atoms. The summed E-state index contributed by atoms with van der Waals surface area (Å²) in [5, 5.41) is 0. The van der Waals surface area contributed by atoms with Crippen LogP contribution in [0.5, 0.6) is 0 Å². The van der Waals surface area contributed by atoms with E-state index in [0.29, 0.717) is 11.1 Å². The van der Waals surface area contributed by atoms with Gasteiger partial charge in [-0.05, 0) is 29.8 Å². The Balaban J connectivity index is 2.12. The van der Waals surface area contributed by atoms with Crippen LogP contribution in [0.3, 0.4) is 0 Å². The van der Waals surface area contributed by atoms with Crippen LogP contribution in [-0.4, -0.2) is 5.78 Å². The van der Waals surface area contributed by atoms with Gasteiger partial charge in [0.25, 0.3) is 0 Å². The van der Waals surface area contributed by atoms with Crippen molar-refractivity contribution in [2.24, 2.45) is 0 Å². The summed E-state index contributed by atoms with van der Waals surface area (Å²) in [7, 11) is 0. The number of ketones is 1. The van der Waals surface area contributed by atoms with Gasteiger partial charge in [0.1, 0.15) is 0 Å². The van der Waals surface area contributed by atoms with E-state index in [1.165, 1.54) is 12.1 Å². The number of Topliss-reactive ketones (excluding diaryl/α,β-unsaturated/α-hetero) is 1. The highest BCUT2D eigenvalue weighted by Gasteiger charge is 2.29. The number of carbonyl (C=O) groups is 1. The van der Waals surface area contributed by atoms with Gasteiger partial charge in [0.2, 0.25) is 0 Å². The summed E-state index contributed by atoms with van der Waals surface area (Å²) in [6.45, 7) is 0. The summed E-state index contributed by atoms with van der Waals surface area (Å²) < 4.78 is 38.0. The van der Waals surface area contributed by atoms with Crippen molar-refractivity contribution in [3.63, 3.8) is 0 Å². The third-order valence-electron chi connectivity index (χ3n) is 2.79. The lowest BCUT2D eigenvalue weighted by molar-refractivity contribution is -0.137. The molecule has 0 aliphatic carbocycles. The zero-order valence-corrected chi connectivity index (χ0v) is 11.8. The number of benzene rings is 2. The van der Waals surface area contributed by atoms with Gasteiger partial charge < -0.3 is 0 Å². The van der Waals surface area contributed by atoms with E-state index in [4.69, 9.17) is 0 Å². The van der Waals surface area contributed by atoms with Gasteiger partial charge in [-0.1, -0.05) is 40.2 Å². The van der Waals surface area contributed by atoms with E-state index >= 15 is 0 Å². The number of carbonyl (C=O) groups excluding carboxylic acids is 1. The molecule has 2 aromatic rings. The van der Waals surface area contributed by atoms with E-state index in [2.05, 4.69) is 15.9 Å². The van der Waals surface area contributed by atoms with Crippen molar-refractivity contribution in [2.75, 3.05) is 0 Å². The minimum Gasteiger partial charge on any atom is -0.294 e. The van der Waals surface area contributed by atoms with Gasteiger partial charge in [-0.2, -0.15) is 13.2 Å². The highest BCUT2D eigenvalue weighted by molar-refractivity contribution is 9.10. The molecule has 2 rings (SSSR count). The molecular formula is C15H10BrF3O. The van der Waals surface area contributed by atoms with Crippen LogP contribution in [0.15, 0.2) is 53.0 Å². The lowest BCUT2D eigenvalue weighted by Gasteiger charge is -2.07. The Morgan fingerprint density at radius 1 is 1.05 bits per heavy atom. The van der Waals surface area contributed by atoms with Gasteiger partial charge in [0.15, 0.2) is 5.78 Å². The van der Waals surface area contributed by atoms with Crippen molar-refractivity contribution >= 4 is 21.7 Å². The molecule has 0 bridgehead atoms. The quantitative estimate of drug-likeness (QED) is 0.725. The van der Waals surface area contributed by atoms with Crippen molar-refractivity contribution in [1.82, 2.24) is 0 Å². The molecule has 0 saturated heterocycles. The van der Waals surface area contributed by atoms with Crippen LogP contribution in [0.25, 0.3) is 0 Å². The summed E-state index contributed by atoms with van der Waals surface area (Å²) >= 11 is 3.27. The van der Waals surface area contributed by atoms with Crippen LogP contribution in [0.2, 0.25) is 0 Å². The maximum absolute atomic E-state index is 12.4. The first-order valence-electron chi connectivity index (χ1n) is 5.81. The largest absolute Gasteiger partial charge is 0.416 e. The number of hydrogen-bond donors (Lipinski definition) is 0. The fraction of sp³-hybridized carbons (Fsp3) is 0.133. The third-order valence-corrected chi connectivity index (χ3v) is 3.29. The van der Waals surface area contributed by atoms with E-state index in [-0.39, 0.29) is 12.2 Å². The predicted molar refractivity (Wildman–Crippen MR) is 73.6 cm³/mol. The van der Waals surface area contributed by atoms with E-state index in [9.17, 15) is 18.0 Å². The first kappa shape index (κ1) is 14.8. The van der Waals surface area contributed by atoms with Crippen molar-refractivity contribution in [2.45, 2.75) is 12.6 Å². The average Bonchev–Trinajstić information content (AvgIpc) is 2.38. The van der Waals surface area contributed by atoms with Crippen LogP contribution < -0.4 is 0 Å². The number of halogens is 4. The van der Waals surface area contributed by atoms with Crippen LogP contribution in [0.1, 0.15) is 21.5 Å². The summed E-state index contributed by atoms with van der Waals surface area (Å²) in [6, 6.07) is 11.5. The minimum atomic E-state index is -4.35. The van der Waals surface area contributed by atoms with E-state index in [1.54, 1.807) is 24.3 Å². The Kier molecular flexibility index (Phi) is 4.28. The molecule has 0 spiro atoms. The van der Waals surface area contributed by atoms with Gasteiger partial charge in [-0.15, -0.1) is 0 Å². The van der Waals surface area contributed by atoms with Crippen LogP contribution >= 0.6 is 15.9 Å². The third kappa shape index (κ3) is 3.70. The second-order valence-corrected chi connectivity index (χ2v) is 5.22. The molecule has 104 valence electrons. The lowest BCUT2D eigenvalue weighted by atomic mass is 10.0. The second-order valence-electron chi connectivity index (χ2n) is 4.30. The molecule has 2 aromatic carbocycles. The Hall–Kier alpha value is -1.62. The normalized spacial score (nSPS) is 11.4. The highest BCUT2D eigenvalue weighted by Crippen LogP contribution is 2.29. The smallest absolute Gasteiger partial charge is 0.294 e. The molecule has 0 aliphatic heterocycles. The Morgan fingerprint density at radius 3 is 2.25 bits per heavy atom. The lowest BCUT2D eigenvalue weighted by Crippen LogP contribution is -2.06. The summed E-state index contributed by atoms with van der Waals surface area (Å²) in [6.07, 6.45) is -4.28. The molecule has 0 atom stereocenters. The molecule has 1 nitrogen and oxygen atoms in total. The SMILES string of the molecule is O=C(Cc1ccc(C(F)(F)F)cc1)c1cccc(Br)c1. The summed E-state index contributed by atoms with van der Waals surface area (Å²) in [5.74, 6) is -0.133. The Labute approximate surface area is 122 Å². The fourth-order valence-corrected chi connectivity index (χ4v) is 2.16. The van der Waals surface area contributed by atoms with E-state index in [0.717, 1.165) is 16.6 Å². The molecule has 0 unspecified atom stereocenters. The number of alkyl halides is 3. The molecule has 0 radical (unpaired) electrons.